The summed E-state index contributed by atoms with van der Waals surface area (Å²) in [5.41, 5.74) is 43.8. The van der Waals surface area contributed by atoms with Gasteiger partial charge in [-0.25, -0.2) is 25.6 Å². The molecule has 6 unspecified atom stereocenters. The number of guanidine groups is 1. The number of nitrogens with zero attached hydrogens (tertiary/aromatic N) is 2. The summed E-state index contributed by atoms with van der Waals surface area (Å²) in [5, 5.41) is 14.9. The highest BCUT2D eigenvalue weighted by Crippen LogP contribution is 2.45. The van der Waals surface area contributed by atoms with Crippen LogP contribution in [0.4, 0.5) is 39.0 Å². The largest absolute Gasteiger partial charge is 0.491 e. The number of hydrogen-bond acceptors (Lipinski definition) is 20. The Bertz CT molecular complexity index is 5770. The molecule has 0 fully saturated rings. The summed E-state index contributed by atoms with van der Waals surface area (Å²) in [5.74, 6) is -3.58. The van der Waals surface area contributed by atoms with Gasteiger partial charge in [0.1, 0.15) is 24.7 Å². The minimum atomic E-state index is -4.69. The molecular formula is C92H106F5N15O12S4. The minimum Gasteiger partial charge on any atom is -0.491 e. The number of amides is 6. The van der Waals surface area contributed by atoms with Crippen molar-refractivity contribution in [3.63, 3.8) is 0 Å². The molecule has 6 amide bonds. The Morgan fingerprint density at radius 1 is 0.469 bits per heavy atom. The van der Waals surface area contributed by atoms with Gasteiger partial charge in [0, 0.05) is 138 Å². The lowest BCUT2D eigenvalue weighted by molar-refractivity contribution is -0.137. The second-order valence-corrected chi connectivity index (χ2v) is 37.1. The maximum Gasteiger partial charge on any atom is 0.416 e. The van der Waals surface area contributed by atoms with E-state index in [-0.39, 0.29) is 110 Å². The molecule has 20 N–H and O–H groups in total. The van der Waals surface area contributed by atoms with Gasteiger partial charge in [-0.2, -0.15) is 13.2 Å². The number of hydrogen-bond donors (Lipinski definition) is 13. The molecule has 2 heterocycles. The van der Waals surface area contributed by atoms with Crippen molar-refractivity contribution in [2.45, 2.75) is 127 Å². The number of unbranched alkanes of at least 4 members (excludes halogenated alkanes) is 2. The standard InChI is InChI=1S/C34H33F5N4O4S3.C31H32N4O4.C26H37N7O4S.CH4/c1-33(35,36)21-4-8-27(48-12-10-40)25(15-21)31(44)42-23-6-2-19-14-20-3-7-24(18-30(20)50(46,47)29(19)17-23)43-32(45)26-16-22(34(37,38)39)5-9-28(26)49-13-11-41;32-13-15-38-28-7-3-1-5-26(28)30(36)34-22-9-11-24-20(18-22)17-21-19-23(10-12-25(21)24)35-31(37)27-6-2-4-8-29(27)39-16-14-33;1-17(27)30-12-4-2-6-24(34)32-20-10-8-18-14-19-9-11-21(16-23(19)38(36,37)22(18)15-20)33-25(35)7-3-5-13-31-26(28)29;/h2-9,15-19,29H,10-14,40-41H2,1H3,(H,42,44)(H,43,45);1-12,18-20,24H,13-17,32-33H2,(H,34,36)(H,35,37);8-11,15-16,18,22H,2-7,12-14H2,1H3,(H2,27,30)(H,32,34)(H,33,35)(H4,28,29,31);1H4. The summed E-state index contributed by atoms with van der Waals surface area (Å²) in [4.78, 5) is 86.2. The Morgan fingerprint density at radius 3 is 1.41 bits per heavy atom. The molecule has 0 saturated carbocycles. The Balaban J connectivity index is 0.000000202. The Morgan fingerprint density at radius 2 is 0.906 bits per heavy atom. The molecule has 13 rings (SSSR count). The van der Waals surface area contributed by atoms with Crippen molar-refractivity contribution in [1.29, 1.82) is 0 Å². The van der Waals surface area contributed by atoms with E-state index in [0.717, 1.165) is 61.1 Å². The summed E-state index contributed by atoms with van der Waals surface area (Å²) in [6.45, 7) is 5.39. The fourth-order valence-corrected chi connectivity index (χ4v) is 20.9. The molecule has 7 aromatic rings. The van der Waals surface area contributed by atoms with Crippen molar-refractivity contribution in [1.82, 2.24) is 16.0 Å². The van der Waals surface area contributed by atoms with Crippen LogP contribution >= 0.6 is 23.5 Å². The summed E-state index contributed by atoms with van der Waals surface area (Å²) in [6.07, 6.45) is 16.2. The minimum absolute atomic E-state index is 0. The van der Waals surface area contributed by atoms with E-state index in [1.54, 1.807) is 85.8 Å². The first kappa shape index (κ1) is 98.4. The number of thioether (sulfide) groups is 2. The molecule has 0 radical (unpaired) electrons. The van der Waals surface area contributed by atoms with E-state index in [9.17, 15) is 67.6 Å². The zero-order valence-corrected chi connectivity index (χ0v) is 73.0. The number of carbonyl (C=O) groups is 6. The summed E-state index contributed by atoms with van der Waals surface area (Å²) in [7, 11) is -7.84. The normalized spacial score (nSPS) is 18.1. The number of para-hydroxylation sites is 2. The van der Waals surface area contributed by atoms with Gasteiger partial charge in [0.05, 0.1) is 53.9 Å². The third kappa shape index (κ3) is 25.8. The molecule has 0 bridgehead atoms. The number of nitrogens with two attached hydrogens (primary N) is 7. The van der Waals surface area contributed by atoms with Gasteiger partial charge in [-0.05, 0) is 201 Å². The first-order valence-corrected chi connectivity index (χ1v) is 46.2. The number of amidine groups is 1. The number of allylic oxidation sites excluding steroid dienone is 7. The predicted octanol–water partition coefficient (Wildman–Crippen LogP) is 12.3. The third-order valence-electron chi connectivity index (χ3n) is 21.2. The van der Waals surface area contributed by atoms with Crippen molar-refractivity contribution in [2.24, 2.45) is 67.9 Å². The van der Waals surface area contributed by atoms with Crippen molar-refractivity contribution in [3.8, 4) is 11.5 Å². The number of carbonyl (C=O) groups excluding carboxylic acids is 6. The molecule has 0 aromatic heterocycles. The lowest BCUT2D eigenvalue weighted by Crippen LogP contribution is -2.37. The third-order valence-corrected chi connectivity index (χ3v) is 27.8. The van der Waals surface area contributed by atoms with Crippen molar-refractivity contribution >= 4 is 107 Å². The van der Waals surface area contributed by atoms with E-state index >= 15 is 0 Å². The van der Waals surface area contributed by atoms with Crippen molar-refractivity contribution < 1.29 is 77.0 Å². The molecule has 6 atom stereocenters. The fraction of sp³-hybridized carbons (Fsp3) is 0.326. The maximum absolute atomic E-state index is 14.1. The second kappa shape index (κ2) is 44.8. The molecular weight excluding hydrogens is 1730 g/mol. The van der Waals surface area contributed by atoms with Crippen LogP contribution in [0, 0.1) is 17.8 Å². The van der Waals surface area contributed by atoms with E-state index < -0.39 is 65.6 Å². The number of aliphatic imine (C=N–C) groups is 2. The van der Waals surface area contributed by atoms with E-state index in [2.05, 4.69) is 60.1 Å². The van der Waals surface area contributed by atoms with Crippen LogP contribution in [-0.2, 0) is 60.6 Å². The van der Waals surface area contributed by atoms with Gasteiger partial charge < -0.3 is 81.5 Å². The average Bonchev–Trinajstić information content (AvgIpc) is 0.901. The van der Waals surface area contributed by atoms with E-state index in [1.165, 1.54) is 65.4 Å². The van der Waals surface area contributed by atoms with Gasteiger partial charge in [0.2, 0.25) is 11.8 Å². The molecule has 4 aliphatic carbocycles. The number of ether oxygens (including phenoxy) is 2. The summed E-state index contributed by atoms with van der Waals surface area (Å²) >= 11 is 2.34. The van der Waals surface area contributed by atoms with Gasteiger partial charge in [0.25, 0.3) is 29.6 Å². The summed E-state index contributed by atoms with van der Waals surface area (Å²) < 4.78 is 135. The van der Waals surface area contributed by atoms with Crippen molar-refractivity contribution in [2.75, 3.05) is 79.9 Å². The average molecular weight is 1840 g/mol. The van der Waals surface area contributed by atoms with Crippen LogP contribution in [0.15, 0.2) is 241 Å². The zero-order valence-electron chi connectivity index (χ0n) is 69.7. The van der Waals surface area contributed by atoms with Gasteiger partial charge in [0.15, 0.2) is 25.6 Å². The Labute approximate surface area is 749 Å². The predicted molar refractivity (Wildman–Crippen MR) is 491 cm³/mol. The Kier molecular flexibility index (Phi) is 34.4. The highest BCUT2D eigenvalue weighted by molar-refractivity contribution is 7.99. The van der Waals surface area contributed by atoms with Gasteiger partial charge in [-0.1, -0.05) is 80.3 Å². The smallest absolute Gasteiger partial charge is 0.416 e. The molecule has 0 saturated heterocycles. The monoisotopic (exact) mass is 1840 g/mol. The van der Waals surface area contributed by atoms with Gasteiger partial charge in [-0.15, -0.1) is 23.5 Å². The number of fused-ring (bicyclic) bond motifs is 7. The highest BCUT2D eigenvalue weighted by atomic mass is 32.2. The SMILES string of the molecule is C.CC(F)(F)c1ccc(SCCN)c(C(=O)NC2=CC3C(C=C2)Cc2ccc(NC(=O)c4cc(C(F)(F)F)ccc4SCCN)cc2S3(=O)=O)c1.CC(N)=NCCCCC(=O)NC1=CC2C(C=C1)Cc1ccc(NC(=O)CCCCN=C(N)N)cc1S2(=O)=O.NCCOc1ccccc1C(=O)NC1=CC2Cc3cc(NC(=O)c4ccccc4OCCN)ccc3C2C=C1. The van der Waals surface area contributed by atoms with E-state index in [1.807, 2.05) is 36.4 Å². The topological polar surface area (TPSA) is 468 Å². The first-order valence-electron chi connectivity index (χ1n) is 41.1. The number of rotatable bonds is 33. The zero-order chi connectivity index (χ0) is 91.3. The lowest BCUT2D eigenvalue weighted by atomic mass is 9.88. The van der Waals surface area contributed by atoms with Crippen LogP contribution in [0.5, 0.6) is 11.5 Å². The van der Waals surface area contributed by atoms with E-state index in [4.69, 9.17) is 49.6 Å². The van der Waals surface area contributed by atoms with Gasteiger partial charge >= 0.3 is 6.18 Å². The van der Waals surface area contributed by atoms with Crippen LogP contribution < -0.4 is 81.5 Å². The Hall–Kier alpha value is -11.8. The first-order chi connectivity index (χ1) is 60.6. The quantitative estimate of drug-likeness (QED) is 0.00597. The molecule has 680 valence electrons. The van der Waals surface area contributed by atoms with Crippen LogP contribution in [-0.4, -0.2) is 139 Å². The number of anilines is 3. The molecule has 0 spiro atoms. The van der Waals surface area contributed by atoms with E-state index in [0.29, 0.717) is 152 Å². The molecule has 128 heavy (non-hydrogen) atoms. The molecule has 2 aliphatic heterocycles. The lowest BCUT2D eigenvalue weighted by Gasteiger charge is -2.32. The fourth-order valence-electron chi connectivity index (χ4n) is 15.1. The highest BCUT2D eigenvalue weighted by Gasteiger charge is 2.43. The number of alkyl halides is 5. The number of nitrogens with one attached hydrogen (secondary N) is 6. The van der Waals surface area contributed by atoms with Gasteiger partial charge in [-0.3, -0.25) is 38.8 Å². The van der Waals surface area contributed by atoms with Crippen LogP contribution in [0.25, 0.3) is 0 Å². The number of halogens is 5. The maximum atomic E-state index is 14.1. The molecule has 36 heteroatoms. The van der Waals surface area contributed by atoms with Crippen molar-refractivity contribution in [3.05, 3.63) is 267 Å². The molecule has 7 aromatic carbocycles. The second-order valence-electron chi connectivity index (χ2n) is 30.7. The molecule has 6 aliphatic rings. The summed E-state index contributed by atoms with van der Waals surface area (Å²) in [6, 6.07) is 36.2. The van der Waals surface area contributed by atoms with Crippen LogP contribution in [0.3, 0.4) is 0 Å². The van der Waals surface area contributed by atoms with Crippen LogP contribution in [0.1, 0.15) is 141 Å². The number of sulfone groups is 2. The number of benzene rings is 7. The van der Waals surface area contributed by atoms with Crippen LogP contribution in [0.2, 0.25) is 0 Å². The molecule has 27 nitrogen and oxygen atoms in total.